The van der Waals surface area contributed by atoms with Gasteiger partial charge in [0.15, 0.2) is 28.8 Å². The molecule has 1 amide bonds. The molecule has 6 rings (SSSR count). The van der Waals surface area contributed by atoms with Crippen molar-refractivity contribution < 1.29 is 38.4 Å². The number of hydrogen-bond donors (Lipinski definition) is 1. The molecule has 0 saturated carbocycles. The number of methoxy groups -OCH3 is 4. The molecule has 238 valence electrons. The zero-order chi connectivity index (χ0) is 32.3. The first-order valence-electron chi connectivity index (χ1n) is 14.7. The molecule has 0 aromatic heterocycles. The Morgan fingerprint density at radius 1 is 0.867 bits per heavy atom. The van der Waals surface area contributed by atoms with Crippen molar-refractivity contribution in [2.75, 3.05) is 42.1 Å². The maximum atomic E-state index is 14.9. The maximum absolute atomic E-state index is 14.9. The van der Waals surface area contributed by atoms with E-state index in [1.54, 1.807) is 4.90 Å². The Kier molecular flexibility index (Phi) is 8.21. The summed E-state index contributed by atoms with van der Waals surface area (Å²) in [6.45, 7) is 4.03. The van der Waals surface area contributed by atoms with E-state index in [9.17, 15) is 14.7 Å². The van der Waals surface area contributed by atoms with Gasteiger partial charge in [0, 0.05) is 26.7 Å². The second-order valence-electron chi connectivity index (χ2n) is 11.6. The number of amides is 1. The summed E-state index contributed by atoms with van der Waals surface area (Å²) < 4.78 is 30.3. The molecule has 4 atom stereocenters. The number of rotatable bonds is 8. The van der Waals surface area contributed by atoms with Gasteiger partial charge in [-0.25, -0.2) is 0 Å². The number of halogens is 1. The van der Waals surface area contributed by atoms with Crippen LogP contribution in [0.2, 0.25) is 0 Å². The molecule has 3 aromatic carbocycles. The molecule has 11 heteroatoms. The summed E-state index contributed by atoms with van der Waals surface area (Å²) in [6, 6.07) is 6.74. The summed E-state index contributed by atoms with van der Waals surface area (Å²) in [7, 11) is 7.89. The monoisotopic (exact) mass is 680 g/mol. The number of likely N-dealkylation sites (N-methyl/N-ethyl adjacent to an activating group) is 1. The fourth-order valence-corrected chi connectivity index (χ4v) is 8.06. The topological polar surface area (TPSA) is 107 Å². The van der Waals surface area contributed by atoms with Crippen molar-refractivity contribution in [3.63, 3.8) is 0 Å². The third kappa shape index (κ3) is 4.50. The van der Waals surface area contributed by atoms with Crippen LogP contribution >= 0.6 is 15.9 Å². The Morgan fingerprint density at radius 3 is 2.13 bits per heavy atom. The summed E-state index contributed by atoms with van der Waals surface area (Å²) in [5.74, 6) is 0.868. The van der Waals surface area contributed by atoms with Gasteiger partial charge in [0.05, 0.1) is 65.3 Å². The van der Waals surface area contributed by atoms with Crippen LogP contribution in [-0.4, -0.2) is 80.8 Å². The van der Waals surface area contributed by atoms with E-state index in [0.29, 0.717) is 58.3 Å². The Hall–Kier alpha value is -3.80. The number of nitrogens with zero attached hydrogens (tertiary/aromatic N) is 2. The number of Topliss-reactive ketones (excluding diaryl/α,β-unsaturated/α-hetero) is 1. The van der Waals surface area contributed by atoms with Gasteiger partial charge in [-0.2, -0.15) is 0 Å². The summed E-state index contributed by atoms with van der Waals surface area (Å²) in [6.07, 6.45) is 0.333. The fraction of sp³-hybridized carbons (Fsp3) is 0.412. The molecule has 3 aliphatic rings. The molecule has 3 aliphatic heterocycles. The van der Waals surface area contributed by atoms with Gasteiger partial charge < -0.3 is 33.7 Å². The zero-order valence-corrected chi connectivity index (χ0v) is 28.0. The van der Waals surface area contributed by atoms with Crippen LogP contribution in [0.4, 0.5) is 0 Å². The first-order valence-corrected chi connectivity index (χ1v) is 15.5. The molecule has 3 aromatic rings. The number of ketones is 1. The van der Waals surface area contributed by atoms with E-state index < -0.39 is 24.2 Å². The number of ether oxygens (including phenoxy) is 5. The minimum Gasteiger partial charge on any atom is -0.504 e. The molecule has 1 N–H and O–H groups in total. The predicted molar refractivity (Wildman–Crippen MR) is 170 cm³/mol. The molecule has 10 nitrogen and oxygen atoms in total. The lowest BCUT2D eigenvalue weighted by molar-refractivity contribution is -0.156. The number of aromatic hydroxyl groups is 1. The van der Waals surface area contributed by atoms with Gasteiger partial charge in [-0.3, -0.25) is 14.5 Å². The van der Waals surface area contributed by atoms with Crippen molar-refractivity contribution in [1.29, 1.82) is 0 Å². The number of benzene rings is 3. The molecular weight excluding hydrogens is 644 g/mol. The third-order valence-electron chi connectivity index (χ3n) is 9.51. The van der Waals surface area contributed by atoms with Crippen LogP contribution in [0.25, 0.3) is 0 Å². The smallest absolute Gasteiger partial charge is 0.241 e. The number of piperazine rings is 1. The van der Waals surface area contributed by atoms with Gasteiger partial charge in [0.25, 0.3) is 0 Å². The lowest BCUT2D eigenvalue weighted by Gasteiger charge is -2.56. The fourth-order valence-electron chi connectivity index (χ4n) is 7.51. The van der Waals surface area contributed by atoms with Crippen molar-refractivity contribution in [3.05, 3.63) is 73.7 Å². The molecule has 0 spiro atoms. The molecule has 3 heterocycles. The van der Waals surface area contributed by atoms with Crippen LogP contribution in [-0.2, 0) is 22.6 Å². The lowest BCUT2D eigenvalue weighted by atomic mass is 9.73. The SMILES string of the molecule is COc1c(C)c(Br)c2c(c1O)[C@H]1[C@H]3C(=O)c4c(OC)c(C)c(OC)c(OC)c4[C@H](COCc4ccccc4)N3C(=O)[C@H](C2)N1C. The van der Waals surface area contributed by atoms with Crippen LogP contribution in [0, 0.1) is 13.8 Å². The van der Waals surface area contributed by atoms with E-state index in [1.807, 2.05) is 56.1 Å². The van der Waals surface area contributed by atoms with Crippen molar-refractivity contribution in [2.45, 2.75) is 51.0 Å². The Bertz CT molecular complexity index is 1690. The van der Waals surface area contributed by atoms with Crippen molar-refractivity contribution in [2.24, 2.45) is 0 Å². The number of carbonyl (C=O) groups excluding carboxylic acids is 2. The molecular formula is C34H37BrN2O8. The van der Waals surface area contributed by atoms with Crippen LogP contribution in [0.1, 0.15) is 55.8 Å². The quantitative estimate of drug-likeness (QED) is 0.349. The van der Waals surface area contributed by atoms with Crippen LogP contribution in [0.15, 0.2) is 34.8 Å². The third-order valence-corrected chi connectivity index (χ3v) is 10.6. The Labute approximate surface area is 270 Å². The highest BCUT2D eigenvalue weighted by Crippen LogP contribution is 2.57. The first-order chi connectivity index (χ1) is 21.6. The van der Waals surface area contributed by atoms with Gasteiger partial charge >= 0.3 is 0 Å². The van der Waals surface area contributed by atoms with Gasteiger partial charge in [-0.15, -0.1) is 0 Å². The standard InChI is InChI=1S/C34H37BrN2O8/c1-16-25(35)19-13-20-34(40)37-21(15-45-14-18-11-9-8-10-12-18)23-24(30(41-4)17(2)32(43-6)33(23)44-7)28(38)27(37)26(36(20)3)22(19)29(39)31(16)42-5/h8-12,20-21,26-27,39H,13-15H2,1-7H3/t20-,21-,26-,27-/m0/s1. The van der Waals surface area contributed by atoms with Crippen molar-refractivity contribution >= 4 is 27.6 Å². The molecule has 0 radical (unpaired) electrons. The van der Waals surface area contributed by atoms with Crippen LogP contribution < -0.4 is 18.9 Å². The van der Waals surface area contributed by atoms with E-state index >= 15 is 0 Å². The highest BCUT2D eigenvalue weighted by Gasteiger charge is 2.59. The molecule has 0 unspecified atom stereocenters. The Balaban J connectivity index is 1.60. The number of fused-ring (bicyclic) bond motifs is 7. The number of hydrogen-bond acceptors (Lipinski definition) is 9. The summed E-state index contributed by atoms with van der Waals surface area (Å²) in [5.41, 5.74) is 4.44. The van der Waals surface area contributed by atoms with Gasteiger partial charge in [0.2, 0.25) is 5.91 Å². The minimum atomic E-state index is -1.01. The largest absolute Gasteiger partial charge is 0.504 e. The number of carbonyl (C=O) groups is 2. The maximum Gasteiger partial charge on any atom is 0.241 e. The van der Waals surface area contributed by atoms with Gasteiger partial charge in [-0.1, -0.05) is 46.3 Å². The van der Waals surface area contributed by atoms with Gasteiger partial charge in [0.1, 0.15) is 11.8 Å². The van der Waals surface area contributed by atoms with E-state index in [-0.39, 0.29) is 24.0 Å². The van der Waals surface area contributed by atoms with E-state index in [2.05, 4.69) is 15.9 Å². The van der Waals surface area contributed by atoms with E-state index in [0.717, 1.165) is 21.2 Å². The zero-order valence-electron chi connectivity index (χ0n) is 26.4. The second-order valence-corrected chi connectivity index (χ2v) is 12.4. The summed E-state index contributed by atoms with van der Waals surface area (Å²) in [4.78, 5) is 33.1. The predicted octanol–water partition coefficient (Wildman–Crippen LogP) is 5.07. The first kappa shape index (κ1) is 31.2. The van der Waals surface area contributed by atoms with Crippen LogP contribution in [0.5, 0.6) is 28.7 Å². The normalized spacial score (nSPS) is 22.0. The summed E-state index contributed by atoms with van der Waals surface area (Å²) >= 11 is 3.71. The van der Waals surface area contributed by atoms with Crippen molar-refractivity contribution in [3.8, 4) is 28.7 Å². The van der Waals surface area contributed by atoms with E-state index in [4.69, 9.17) is 23.7 Å². The summed E-state index contributed by atoms with van der Waals surface area (Å²) in [5, 5.41) is 11.7. The average Bonchev–Trinajstić information content (AvgIpc) is 3.03. The lowest BCUT2D eigenvalue weighted by Crippen LogP contribution is -2.68. The Morgan fingerprint density at radius 2 is 1.51 bits per heavy atom. The number of phenolic OH excluding ortho intramolecular Hbond substituents is 1. The minimum absolute atomic E-state index is 0.0382. The van der Waals surface area contributed by atoms with Crippen molar-refractivity contribution in [1.82, 2.24) is 9.80 Å². The highest BCUT2D eigenvalue weighted by atomic mass is 79.9. The van der Waals surface area contributed by atoms with Gasteiger partial charge in [-0.05, 0) is 38.4 Å². The van der Waals surface area contributed by atoms with E-state index in [1.165, 1.54) is 28.4 Å². The van der Waals surface area contributed by atoms with Crippen LogP contribution in [0.3, 0.4) is 0 Å². The molecule has 1 fully saturated rings. The molecule has 2 bridgehead atoms. The average molecular weight is 682 g/mol. The molecule has 1 saturated heterocycles. The number of phenols is 1. The second kappa shape index (κ2) is 11.9. The molecule has 45 heavy (non-hydrogen) atoms. The molecule has 0 aliphatic carbocycles. The highest BCUT2D eigenvalue weighted by molar-refractivity contribution is 9.10.